The van der Waals surface area contributed by atoms with Crippen LogP contribution in [0.15, 0.2) is 48.9 Å². The lowest BCUT2D eigenvalue weighted by Gasteiger charge is -2.15. The standard InChI is InChI=1S/C25H24N6O3/c1-15(16-5-7-22(33-3)23(10-16)34-4)30-24(32)8-6-17-12-27-25-19(17)9-18(13-28-25)20-14-29-31(2)21(20)11-26/h5-10,12-15H,1-4H3,(H,27,28)(H,30,32)/b8-6+/t15-/m1/s1. The van der Waals surface area contributed by atoms with E-state index < -0.39 is 0 Å². The van der Waals surface area contributed by atoms with Crippen molar-refractivity contribution in [2.75, 3.05) is 14.2 Å². The summed E-state index contributed by atoms with van der Waals surface area (Å²) in [6.45, 7) is 1.90. The first-order chi connectivity index (χ1) is 16.4. The van der Waals surface area contributed by atoms with Crippen LogP contribution in [0.3, 0.4) is 0 Å². The molecule has 4 rings (SSSR count). The Morgan fingerprint density at radius 2 is 2.03 bits per heavy atom. The summed E-state index contributed by atoms with van der Waals surface area (Å²) in [5.74, 6) is 0.997. The second-order valence-corrected chi connectivity index (χ2v) is 7.68. The normalized spacial score (nSPS) is 12.0. The SMILES string of the molecule is COc1ccc([C@@H](C)NC(=O)/C=C/c2c[nH]c3ncc(-c4cnn(C)c4C#N)cc23)cc1OC. The molecule has 0 fully saturated rings. The molecule has 0 saturated carbocycles. The van der Waals surface area contributed by atoms with Crippen molar-refractivity contribution >= 4 is 23.0 Å². The number of methoxy groups -OCH3 is 2. The van der Waals surface area contributed by atoms with Gasteiger partial charge in [-0.1, -0.05) is 6.07 Å². The third-order valence-corrected chi connectivity index (χ3v) is 5.60. The number of pyridine rings is 1. The fraction of sp³-hybridized carbons (Fsp3) is 0.200. The highest BCUT2D eigenvalue weighted by Crippen LogP contribution is 2.30. The van der Waals surface area contributed by atoms with Gasteiger partial charge in [-0.15, -0.1) is 0 Å². The zero-order chi connectivity index (χ0) is 24.2. The van der Waals surface area contributed by atoms with Gasteiger partial charge in [0, 0.05) is 47.6 Å². The van der Waals surface area contributed by atoms with Crippen LogP contribution in [0.5, 0.6) is 11.5 Å². The molecular formula is C25H24N6O3. The Morgan fingerprint density at radius 3 is 2.76 bits per heavy atom. The molecule has 0 aliphatic rings. The summed E-state index contributed by atoms with van der Waals surface area (Å²) in [6, 6.07) is 9.40. The van der Waals surface area contributed by atoms with E-state index in [0.29, 0.717) is 28.4 Å². The van der Waals surface area contributed by atoms with Gasteiger partial charge in [0.15, 0.2) is 11.5 Å². The molecule has 9 heteroatoms. The molecule has 0 saturated heterocycles. The number of nitrogens with one attached hydrogen (secondary N) is 2. The number of aryl methyl sites for hydroxylation is 1. The van der Waals surface area contributed by atoms with Crippen LogP contribution in [0.2, 0.25) is 0 Å². The van der Waals surface area contributed by atoms with Crippen LogP contribution in [0, 0.1) is 11.3 Å². The molecule has 0 unspecified atom stereocenters. The summed E-state index contributed by atoms with van der Waals surface area (Å²) in [6.07, 6.45) is 8.35. The average molecular weight is 457 g/mol. The minimum atomic E-state index is -0.236. The maximum absolute atomic E-state index is 12.6. The van der Waals surface area contributed by atoms with Crippen molar-refractivity contribution in [3.8, 4) is 28.7 Å². The predicted molar refractivity (Wildman–Crippen MR) is 128 cm³/mol. The number of rotatable bonds is 7. The van der Waals surface area contributed by atoms with Gasteiger partial charge in [0.25, 0.3) is 0 Å². The quantitative estimate of drug-likeness (QED) is 0.409. The van der Waals surface area contributed by atoms with Gasteiger partial charge in [-0.05, 0) is 36.8 Å². The second kappa shape index (κ2) is 9.50. The lowest BCUT2D eigenvalue weighted by Crippen LogP contribution is -2.24. The number of carbonyl (C=O) groups is 1. The smallest absolute Gasteiger partial charge is 0.244 e. The average Bonchev–Trinajstić information content (AvgIpc) is 3.44. The monoisotopic (exact) mass is 456 g/mol. The van der Waals surface area contributed by atoms with Gasteiger partial charge >= 0.3 is 0 Å². The van der Waals surface area contributed by atoms with E-state index in [1.165, 1.54) is 10.8 Å². The number of amides is 1. The van der Waals surface area contributed by atoms with Crippen molar-refractivity contribution in [1.29, 1.82) is 5.26 Å². The van der Waals surface area contributed by atoms with Gasteiger partial charge in [0.05, 0.1) is 26.5 Å². The van der Waals surface area contributed by atoms with Crippen molar-refractivity contribution in [1.82, 2.24) is 25.1 Å². The Balaban J connectivity index is 1.53. The van der Waals surface area contributed by atoms with Gasteiger partial charge in [-0.2, -0.15) is 10.4 Å². The van der Waals surface area contributed by atoms with Crippen LogP contribution in [-0.4, -0.2) is 39.9 Å². The summed E-state index contributed by atoms with van der Waals surface area (Å²) in [5.41, 5.74) is 4.32. The van der Waals surface area contributed by atoms with Crippen molar-refractivity contribution < 1.29 is 14.3 Å². The van der Waals surface area contributed by atoms with Gasteiger partial charge in [-0.3, -0.25) is 9.48 Å². The molecule has 2 N–H and O–H groups in total. The van der Waals surface area contributed by atoms with E-state index >= 15 is 0 Å². The molecule has 4 aromatic rings. The highest BCUT2D eigenvalue weighted by Gasteiger charge is 2.14. The molecule has 9 nitrogen and oxygen atoms in total. The van der Waals surface area contributed by atoms with Gasteiger partial charge in [0.1, 0.15) is 17.4 Å². The van der Waals surface area contributed by atoms with E-state index in [2.05, 4.69) is 26.5 Å². The molecule has 0 spiro atoms. The van der Waals surface area contributed by atoms with E-state index in [9.17, 15) is 10.1 Å². The lowest BCUT2D eigenvalue weighted by molar-refractivity contribution is -0.117. The number of carbonyl (C=O) groups excluding carboxylic acids is 1. The fourth-order valence-electron chi connectivity index (χ4n) is 3.72. The maximum Gasteiger partial charge on any atom is 0.244 e. The minimum absolute atomic E-state index is 0.233. The van der Waals surface area contributed by atoms with Crippen LogP contribution in [0.1, 0.15) is 29.8 Å². The first kappa shape index (κ1) is 22.6. The summed E-state index contributed by atoms with van der Waals surface area (Å²) in [4.78, 5) is 20.1. The van der Waals surface area contributed by atoms with E-state index in [1.54, 1.807) is 45.9 Å². The number of aromatic amines is 1. The second-order valence-electron chi connectivity index (χ2n) is 7.68. The number of H-pyrrole nitrogens is 1. The first-order valence-electron chi connectivity index (χ1n) is 10.5. The third kappa shape index (κ3) is 4.34. The van der Waals surface area contributed by atoms with Crippen LogP contribution in [-0.2, 0) is 11.8 Å². The van der Waals surface area contributed by atoms with Crippen LogP contribution in [0.4, 0.5) is 0 Å². The molecule has 1 aromatic carbocycles. The molecule has 172 valence electrons. The number of aromatic nitrogens is 4. The Morgan fingerprint density at radius 1 is 1.24 bits per heavy atom. The molecule has 0 aliphatic heterocycles. The minimum Gasteiger partial charge on any atom is -0.493 e. The largest absolute Gasteiger partial charge is 0.493 e. The molecular weight excluding hydrogens is 432 g/mol. The van der Waals surface area contributed by atoms with Crippen molar-refractivity contribution in [3.05, 3.63) is 65.8 Å². The molecule has 1 amide bonds. The van der Waals surface area contributed by atoms with Crippen LogP contribution in [0.25, 0.3) is 28.2 Å². The summed E-state index contributed by atoms with van der Waals surface area (Å²) in [5, 5.41) is 17.4. The molecule has 0 bridgehead atoms. The van der Waals surface area contributed by atoms with Crippen molar-refractivity contribution in [2.24, 2.45) is 7.05 Å². The fourth-order valence-corrected chi connectivity index (χ4v) is 3.72. The highest BCUT2D eigenvalue weighted by atomic mass is 16.5. The van der Waals surface area contributed by atoms with Crippen LogP contribution < -0.4 is 14.8 Å². The molecule has 3 aromatic heterocycles. The number of ether oxygens (including phenoxy) is 2. The molecule has 1 atom stereocenters. The predicted octanol–water partition coefficient (Wildman–Crippen LogP) is 3.74. The van der Waals surface area contributed by atoms with Crippen molar-refractivity contribution in [3.63, 3.8) is 0 Å². The van der Waals surface area contributed by atoms with E-state index in [0.717, 1.165) is 22.1 Å². The Labute approximate surface area is 196 Å². The van der Waals surface area contributed by atoms with Gasteiger partial charge in [0.2, 0.25) is 5.91 Å². The summed E-state index contributed by atoms with van der Waals surface area (Å²) in [7, 11) is 4.88. The third-order valence-electron chi connectivity index (χ3n) is 5.60. The lowest BCUT2D eigenvalue weighted by atomic mass is 10.1. The van der Waals surface area contributed by atoms with E-state index in [4.69, 9.17) is 9.47 Å². The maximum atomic E-state index is 12.6. The summed E-state index contributed by atoms with van der Waals surface area (Å²) < 4.78 is 12.1. The number of nitrogens with zero attached hydrogens (tertiary/aromatic N) is 4. The Bertz CT molecular complexity index is 1430. The number of hydrogen-bond acceptors (Lipinski definition) is 6. The number of fused-ring (bicyclic) bond motifs is 1. The van der Waals surface area contributed by atoms with E-state index in [-0.39, 0.29) is 11.9 Å². The molecule has 0 aliphatic carbocycles. The number of nitriles is 1. The number of benzene rings is 1. The molecule has 34 heavy (non-hydrogen) atoms. The topological polar surface area (TPSA) is 118 Å². The van der Waals surface area contributed by atoms with Crippen LogP contribution >= 0.6 is 0 Å². The zero-order valence-electron chi connectivity index (χ0n) is 19.3. The molecule has 3 heterocycles. The number of hydrogen-bond donors (Lipinski definition) is 2. The van der Waals surface area contributed by atoms with Crippen molar-refractivity contribution in [2.45, 2.75) is 13.0 Å². The van der Waals surface area contributed by atoms with Gasteiger partial charge in [-0.25, -0.2) is 4.98 Å². The Kier molecular flexibility index (Phi) is 6.32. The zero-order valence-corrected chi connectivity index (χ0v) is 19.3. The van der Waals surface area contributed by atoms with E-state index in [1.807, 2.05) is 31.2 Å². The Hall–Kier alpha value is -4.58. The van der Waals surface area contributed by atoms with Gasteiger partial charge < -0.3 is 19.8 Å². The first-order valence-corrected chi connectivity index (χ1v) is 10.5. The highest BCUT2D eigenvalue weighted by molar-refractivity contribution is 5.96. The summed E-state index contributed by atoms with van der Waals surface area (Å²) >= 11 is 0. The molecule has 0 radical (unpaired) electrons.